The second-order valence-electron chi connectivity index (χ2n) is 6.12. The lowest BCUT2D eigenvalue weighted by molar-refractivity contribution is 0.329. The van der Waals surface area contributed by atoms with E-state index in [2.05, 4.69) is 6.07 Å². The molecule has 0 N–H and O–H groups in total. The van der Waals surface area contributed by atoms with Gasteiger partial charge in [0.1, 0.15) is 23.4 Å². The number of nitriles is 1. The van der Waals surface area contributed by atoms with Crippen LogP contribution in [-0.4, -0.2) is 27.8 Å². The summed E-state index contributed by atoms with van der Waals surface area (Å²) in [5, 5.41) is 10.6. The van der Waals surface area contributed by atoms with Gasteiger partial charge >= 0.3 is 0 Å². The van der Waals surface area contributed by atoms with Crippen LogP contribution in [0.25, 0.3) is 0 Å². The lowest BCUT2D eigenvalue weighted by Gasteiger charge is -2.21. The van der Waals surface area contributed by atoms with E-state index in [1.807, 2.05) is 0 Å². The molecule has 1 heterocycles. The van der Waals surface area contributed by atoms with Crippen LogP contribution in [0.2, 0.25) is 5.02 Å². The van der Waals surface area contributed by atoms with Gasteiger partial charge in [-0.25, -0.2) is 8.42 Å². The number of benzene rings is 1. The molecule has 0 saturated heterocycles. The monoisotopic (exact) mass is 410 g/mol. The van der Waals surface area contributed by atoms with Gasteiger partial charge in [0, 0.05) is 4.88 Å². The fourth-order valence-electron chi connectivity index (χ4n) is 3.06. The van der Waals surface area contributed by atoms with Crippen molar-refractivity contribution in [2.24, 2.45) is 0 Å². The number of halogens is 1. The van der Waals surface area contributed by atoms with Crippen molar-refractivity contribution in [1.82, 2.24) is 0 Å². The van der Waals surface area contributed by atoms with Crippen LogP contribution < -0.4 is 9.04 Å². The van der Waals surface area contributed by atoms with E-state index in [9.17, 15) is 13.7 Å². The molecule has 1 aromatic carbocycles. The fourth-order valence-corrected chi connectivity index (χ4v) is 5.84. The predicted octanol–water partition coefficient (Wildman–Crippen LogP) is 4.00. The molecule has 0 unspecified atom stereocenters. The Hall–Kier alpha value is -1.75. The first kappa shape index (κ1) is 19.0. The van der Waals surface area contributed by atoms with Crippen LogP contribution in [0.1, 0.15) is 28.8 Å². The number of sulfonamides is 1. The van der Waals surface area contributed by atoms with Crippen molar-refractivity contribution in [3.63, 3.8) is 0 Å². The molecule has 138 valence electrons. The number of rotatable bonds is 6. The zero-order valence-electron chi connectivity index (χ0n) is 14.4. The summed E-state index contributed by atoms with van der Waals surface area (Å²) in [5.74, 6) is 0.508. The van der Waals surface area contributed by atoms with E-state index < -0.39 is 10.0 Å². The molecular formula is C18H19ClN2O3S2. The molecule has 0 atom stereocenters. The van der Waals surface area contributed by atoms with Crippen molar-refractivity contribution in [1.29, 1.82) is 5.26 Å². The molecule has 0 amide bonds. The quantitative estimate of drug-likeness (QED) is 0.721. The maximum Gasteiger partial charge on any atom is 0.233 e. The summed E-state index contributed by atoms with van der Waals surface area (Å²) in [6.45, 7) is 0.266. The van der Waals surface area contributed by atoms with E-state index in [1.54, 1.807) is 24.3 Å². The Morgan fingerprint density at radius 1 is 1.31 bits per heavy atom. The highest BCUT2D eigenvalue weighted by atomic mass is 35.5. The van der Waals surface area contributed by atoms with Crippen molar-refractivity contribution < 1.29 is 13.2 Å². The first-order chi connectivity index (χ1) is 12.4. The van der Waals surface area contributed by atoms with Gasteiger partial charge in [0.05, 0.1) is 23.4 Å². The largest absolute Gasteiger partial charge is 0.490 e. The summed E-state index contributed by atoms with van der Waals surface area (Å²) >= 11 is 7.48. The fraction of sp³-hybridized carbons (Fsp3) is 0.389. The van der Waals surface area contributed by atoms with E-state index in [0.29, 0.717) is 21.3 Å². The zero-order chi connectivity index (χ0) is 18.7. The Kier molecular flexibility index (Phi) is 5.76. The molecule has 5 nitrogen and oxygen atoms in total. The number of hydrogen-bond donors (Lipinski definition) is 0. The highest BCUT2D eigenvalue weighted by molar-refractivity contribution is 7.92. The smallest absolute Gasteiger partial charge is 0.233 e. The zero-order valence-corrected chi connectivity index (χ0v) is 16.8. The SMILES string of the molecule is CS(=O)(=O)N(CCOc1ccccc1Cl)c1sc2c(c1C#N)CCCC2. The minimum atomic E-state index is -3.53. The molecule has 0 bridgehead atoms. The van der Waals surface area contributed by atoms with Gasteiger partial charge in [-0.2, -0.15) is 5.26 Å². The molecule has 0 fully saturated rings. The summed E-state index contributed by atoms with van der Waals surface area (Å²) in [7, 11) is -3.53. The third-order valence-electron chi connectivity index (χ3n) is 4.28. The molecule has 1 aliphatic rings. The van der Waals surface area contributed by atoms with Gasteiger partial charge in [-0.15, -0.1) is 11.3 Å². The highest BCUT2D eigenvalue weighted by Gasteiger charge is 2.28. The number of nitrogens with zero attached hydrogens (tertiary/aromatic N) is 2. The van der Waals surface area contributed by atoms with Crippen LogP contribution in [0.3, 0.4) is 0 Å². The third kappa shape index (κ3) is 3.98. The summed E-state index contributed by atoms with van der Waals surface area (Å²) in [5.41, 5.74) is 1.51. The molecule has 1 aliphatic carbocycles. The number of hydrogen-bond acceptors (Lipinski definition) is 5. The van der Waals surface area contributed by atoms with Gasteiger partial charge in [0.15, 0.2) is 0 Å². The standard InChI is InChI=1S/C18H19ClN2O3S2/c1-26(22,23)21(10-11-24-16-8-4-3-7-15(16)19)18-14(12-20)13-6-2-5-9-17(13)25-18/h3-4,7-8H,2,5-6,9-11H2,1H3. The Bertz CT molecular complexity index is 948. The number of fused-ring (bicyclic) bond motifs is 1. The summed E-state index contributed by atoms with van der Waals surface area (Å²) < 4.78 is 31.7. The maximum absolute atomic E-state index is 12.4. The average molecular weight is 411 g/mol. The van der Waals surface area contributed by atoms with E-state index in [0.717, 1.165) is 42.4 Å². The Morgan fingerprint density at radius 3 is 2.73 bits per heavy atom. The molecule has 2 aromatic rings. The van der Waals surface area contributed by atoms with Crippen LogP contribution >= 0.6 is 22.9 Å². The van der Waals surface area contributed by atoms with Gasteiger partial charge in [-0.1, -0.05) is 23.7 Å². The van der Waals surface area contributed by atoms with Gasteiger partial charge in [0.25, 0.3) is 0 Å². The van der Waals surface area contributed by atoms with Crippen molar-refractivity contribution in [3.8, 4) is 11.8 Å². The third-order valence-corrected chi connectivity index (χ3v) is 7.19. The van der Waals surface area contributed by atoms with E-state index in [1.165, 1.54) is 15.6 Å². The average Bonchev–Trinajstić information content (AvgIpc) is 2.97. The summed E-state index contributed by atoms with van der Waals surface area (Å²) in [6.07, 6.45) is 5.01. The van der Waals surface area contributed by atoms with Gasteiger partial charge in [-0.3, -0.25) is 4.31 Å². The maximum atomic E-state index is 12.4. The number of ether oxygens (including phenoxy) is 1. The van der Waals surface area contributed by atoms with Crippen molar-refractivity contribution in [3.05, 3.63) is 45.3 Å². The lowest BCUT2D eigenvalue weighted by Crippen LogP contribution is -2.33. The second-order valence-corrected chi connectivity index (χ2v) is 9.51. The Balaban J connectivity index is 1.85. The van der Waals surface area contributed by atoms with Crippen LogP contribution in [-0.2, 0) is 22.9 Å². The molecule has 8 heteroatoms. The molecule has 0 radical (unpaired) electrons. The molecule has 0 spiro atoms. The topological polar surface area (TPSA) is 70.4 Å². The predicted molar refractivity (Wildman–Crippen MR) is 105 cm³/mol. The normalized spacial score (nSPS) is 13.7. The Labute approximate surface area is 162 Å². The van der Waals surface area contributed by atoms with Crippen LogP contribution in [0, 0.1) is 11.3 Å². The van der Waals surface area contributed by atoms with E-state index in [4.69, 9.17) is 16.3 Å². The summed E-state index contributed by atoms with van der Waals surface area (Å²) in [4.78, 5) is 1.13. The molecule has 0 aliphatic heterocycles. The summed E-state index contributed by atoms with van der Waals surface area (Å²) in [6, 6.07) is 9.27. The van der Waals surface area contributed by atoms with Gasteiger partial charge in [0.2, 0.25) is 10.0 Å². The Morgan fingerprint density at radius 2 is 2.04 bits per heavy atom. The van der Waals surface area contributed by atoms with Crippen molar-refractivity contribution in [2.45, 2.75) is 25.7 Å². The van der Waals surface area contributed by atoms with E-state index in [-0.39, 0.29) is 13.2 Å². The van der Waals surface area contributed by atoms with Gasteiger partial charge in [-0.05, 0) is 43.4 Å². The molecule has 1 aromatic heterocycles. The van der Waals surface area contributed by atoms with Crippen molar-refractivity contribution in [2.75, 3.05) is 23.7 Å². The first-order valence-electron chi connectivity index (χ1n) is 8.31. The second kappa shape index (κ2) is 7.87. The van der Waals surface area contributed by atoms with Crippen molar-refractivity contribution >= 4 is 38.0 Å². The lowest BCUT2D eigenvalue weighted by atomic mass is 9.96. The van der Waals surface area contributed by atoms with Gasteiger partial charge < -0.3 is 4.74 Å². The molecular weight excluding hydrogens is 392 g/mol. The number of thiophene rings is 1. The number of aryl methyl sites for hydroxylation is 1. The van der Waals surface area contributed by atoms with E-state index >= 15 is 0 Å². The van der Waals surface area contributed by atoms with Crippen LogP contribution in [0.5, 0.6) is 5.75 Å². The molecule has 26 heavy (non-hydrogen) atoms. The minimum absolute atomic E-state index is 0.123. The van der Waals surface area contributed by atoms with Crippen LogP contribution in [0.15, 0.2) is 24.3 Å². The minimum Gasteiger partial charge on any atom is -0.490 e. The number of anilines is 1. The first-order valence-corrected chi connectivity index (χ1v) is 11.4. The highest BCUT2D eigenvalue weighted by Crippen LogP contribution is 2.40. The molecule has 3 rings (SSSR count). The molecule has 0 saturated carbocycles. The van der Waals surface area contributed by atoms with Crippen LogP contribution in [0.4, 0.5) is 5.00 Å². The number of para-hydroxylation sites is 1.